The Morgan fingerprint density at radius 3 is 2.79 bits per heavy atom. The van der Waals surface area contributed by atoms with Gasteiger partial charge in [0, 0.05) is 6.54 Å². The Morgan fingerprint density at radius 2 is 2.16 bits per heavy atom. The molecule has 2 rings (SSSR count). The molecular formula is C15H19ClN2O. The van der Waals surface area contributed by atoms with E-state index in [0.29, 0.717) is 23.0 Å². The topological polar surface area (TPSA) is 56.0 Å². The SMILES string of the molecule is N#Cc1ccc(NCC(O)CC2CCCC2)c(Cl)c1. The number of hydrogen-bond acceptors (Lipinski definition) is 3. The van der Waals surface area contributed by atoms with Gasteiger partial charge in [-0.25, -0.2) is 0 Å². The second-order valence-corrected chi connectivity index (χ2v) is 5.63. The van der Waals surface area contributed by atoms with E-state index in [1.807, 2.05) is 6.07 Å². The highest BCUT2D eigenvalue weighted by molar-refractivity contribution is 6.33. The molecule has 0 spiro atoms. The van der Waals surface area contributed by atoms with Gasteiger partial charge in [0.25, 0.3) is 0 Å². The number of nitrogens with one attached hydrogen (secondary N) is 1. The van der Waals surface area contributed by atoms with Crippen LogP contribution >= 0.6 is 11.6 Å². The van der Waals surface area contributed by atoms with Gasteiger partial charge in [0.05, 0.1) is 28.4 Å². The van der Waals surface area contributed by atoms with Gasteiger partial charge in [0.15, 0.2) is 0 Å². The van der Waals surface area contributed by atoms with Crippen molar-refractivity contribution in [1.82, 2.24) is 0 Å². The molecule has 0 heterocycles. The van der Waals surface area contributed by atoms with Crippen LogP contribution in [0.15, 0.2) is 18.2 Å². The Hall–Kier alpha value is -1.24. The Balaban J connectivity index is 1.82. The predicted molar refractivity (Wildman–Crippen MR) is 77.2 cm³/mol. The molecule has 0 bridgehead atoms. The largest absolute Gasteiger partial charge is 0.391 e. The lowest BCUT2D eigenvalue weighted by Crippen LogP contribution is -2.22. The van der Waals surface area contributed by atoms with Gasteiger partial charge >= 0.3 is 0 Å². The van der Waals surface area contributed by atoms with E-state index in [0.717, 1.165) is 12.1 Å². The summed E-state index contributed by atoms with van der Waals surface area (Å²) in [5.74, 6) is 0.674. The number of aliphatic hydroxyl groups excluding tert-OH is 1. The molecule has 2 N–H and O–H groups in total. The Labute approximate surface area is 119 Å². The van der Waals surface area contributed by atoms with Gasteiger partial charge in [-0.1, -0.05) is 37.3 Å². The molecule has 0 amide bonds. The first kappa shape index (κ1) is 14.2. The van der Waals surface area contributed by atoms with E-state index in [1.54, 1.807) is 18.2 Å². The number of anilines is 1. The van der Waals surface area contributed by atoms with Crippen LogP contribution in [0.1, 0.15) is 37.7 Å². The maximum Gasteiger partial charge on any atom is 0.0992 e. The molecule has 1 fully saturated rings. The molecular weight excluding hydrogens is 260 g/mol. The van der Waals surface area contributed by atoms with E-state index < -0.39 is 0 Å². The first-order chi connectivity index (χ1) is 9.19. The van der Waals surface area contributed by atoms with Crippen LogP contribution in [0.2, 0.25) is 5.02 Å². The number of benzene rings is 1. The third-order valence-corrected chi connectivity index (χ3v) is 4.02. The van der Waals surface area contributed by atoms with Crippen LogP contribution in [0.25, 0.3) is 0 Å². The monoisotopic (exact) mass is 278 g/mol. The summed E-state index contributed by atoms with van der Waals surface area (Å²) in [6, 6.07) is 7.18. The van der Waals surface area contributed by atoms with Crippen molar-refractivity contribution >= 4 is 17.3 Å². The third kappa shape index (κ3) is 4.12. The molecule has 1 aliphatic carbocycles. The second kappa shape index (κ2) is 6.79. The minimum atomic E-state index is -0.338. The molecule has 0 radical (unpaired) electrons. The highest BCUT2D eigenvalue weighted by Gasteiger charge is 2.18. The van der Waals surface area contributed by atoms with E-state index in [2.05, 4.69) is 5.32 Å². The molecule has 4 heteroatoms. The normalized spacial score (nSPS) is 17.1. The second-order valence-electron chi connectivity index (χ2n) is 5.23. The first-order valence-corrected chi connectivity index (χ1v) is 7.18. The molecule has 0 saturated heterocycles. The lowest BCUT2D eigenvalue weighted by Gasteiger charge is -2.17. The van der Waals surface area contributed by atoms with Crippen molar-refractivity contribution in [1.29, 1.82) is 5.26 Å². The van der Waals surface area contributed by atoms with E-state index in [4.69, 9.17) is 16.9 Å². The Bertz CT molecular complexity index is 464. The van der Waals surface area contributed by atoms with Gasteiger partial charge in [-0.3, -0.25) is 0 Å². The van der Waals surface area contributed by atoms with E-state index in [9.17, 15) is 5.11 Å². The number of halogens is 1. The van der Waals surface area contributed by atoms with Crippen LogP contribution in [0.3, 0.4) is 0 Å². The highest BCUT2D eigenvalue weighted by Crippen LogP contribution is 2.29. The fourth-order valence-corrected chi connectivity index (χ4v) is 2.92. The molecule has 0 aliphatic heterocycles. The minimum absolute atomic E-state index is 0.338. The number of aliphatic hydroxyl groups is 1. The lowest BCUT2D eigenvalue weighted by molar-refractivity contribution is 0.155. The summed E-state index contributed by atoms with van der Waals surface area (Å²) < 4.78 is 0. The van der Waals surface area contributed by atoms with Crippen LogP contribution in [0.5, 0.6) is 0 Å². The summed E-state index contributed by atoms with van der Waals surface area (Å²) in [5, 5.41) is 22.4. The first-order valence-electron chi connectivity index (χ1n) is 6.80. The van der Waals surface area contributed by atoms with Gasteiger partial charge in [-0.2, -0.15) is 5.26 Å². The zero-order chi connectivity index (χ0) is 13.7. The number of rotatable bonds is 5. The summed E-state index contributed by atoms with van der Waals surface area (Å²) in [6.45, 7) is 0.502. The fraction of sp³-hybridized carbons (Fsp3) is 0.533. The number of hydrogen-bond donors (Lipinski definition) is 2. The molecule has 1 unspecified atom stereocenters. The maximum absolute atomic E-state index is 10.0. The standard InChI is InChI=1S/C15H19ClN2O/c16-14-8-12(9-17)5-6-15(14)18-10-13(19)7-11-3-1-2-4-11/h5-6,8,11,13,18-19H,1-4,7,10H2. The summed E-state index contributed by atoms with van der Waals surface area (Å²) in [5.41, 5.74) is 1.31. The van der Waals surface area contributed by atoms with Crippen molar-refractivity contribution in [3.8, 4) is 6.07 Å². The average Bonchev–Trinajstić information content (AvgIpc) is 2.90. The van der Waals surface area contributed by atoms with Gasteiger partial charge in [0.2, 0.25) is 0 Å². The van der Waals surface area contributed by atoms with Crippen LogP contribution in [0.4, 0.5) is 5.69 Å². The molecule has 1 atom stereocenters. The van der Waals surface area contributed by atoms with Crippen LogP contribution in [0, 0.1) is 17.2 Å². The summed E-state index contributed by atoms with van der Waals surface area (Å²) in [4.78, 5) is 0. The van der Waals surface area contributed by atoms with Crippen molar-refractivity contribution in [2.45, 2.75) is 38.2 Å². The Morgan fingerprint density at radius 1 is 1.42 bits per heavy atom. The van der Waals surface area contributed by atoms with Gasteiger partial charge in [-0.05, 0) is 30.5 Å². The van der Waals surface area contributed by atoms with Crippen molar-refractivity contribution in [3.05, 3.63) is 28.8 Å². The van der Waals surface area contributed by atoms with Crippen LogP contribution < -0.4 is 5.32 Å². The molecule has 1 aromatic carbocycles. The average molecular weight is 279 g/mol. The summed E-state index contributed by atoms with van der Waals surface area (Å²) in [6.07, 6.45) is 5.61. The van der Waals surface area contributed by atoms with E-state index in [-0.39, 0.29) is 6.10 Å². The lowest BCUT2D eigenvalue weighted by atomic mass is 10.00. The zero-order valence-electron chi connectivity index (χ0n) is 10.9. The van der Waals surface area contributed by atoms with Gasteiger partial charge in [-0.15, -0.1) is 0 Å². The quantitative estimate of drug-likeness (QED) is 0.866. The molecule has 0 aromatic heterocycles. The predicted octanol–water partition coefficient (Wildman–Crippen LogP) is 3.56. The maximum atomic E-state index is 10.0. The molecule has 1 aliphatic rings. The summed E-state index contributed by atoms with van der Waals surface area (Å²) >= 11 is 6.07. The minimum Gasteiger partial charge on any atom is -0.391 e. The molecule has 3 nitrogen and oxygen atoms in total. The number of nitrogens with zero attached hydrogens (tertiary/aromatic N) is 1. The molecule has 1 saturated carbocycles. The highest BCUT2D eigenvalue weighted by atomic mass is 35.5. The van der Waals surface area contributed by atoms with Gasteiger partial charge in [0.1, 0.15) is 0 Å². The number of nitriles is 1. The van der Waals surface area contributed by atoms with Gasteiger partial charge < -0.3 is 10.4 Å². The van der Waals surface area contributed by atoms with E-state index >= 15 is 0 Å². The van der Waals surface area contributed by atoms with Crippen molar-refractivity contribution < 1.29 is 5.11 Å². The third-order valence-electron chi connectivity index (χ3n) is 3.71. The summed E-state index contributed by atoms with van der Waals surface area (Å²) in [7, 11) is 0. The zero-order valence-corrected chi connectivity index (χ0v) is 11.7. The van der Waals surface area contributed by atoms with Crippen molar-refractivity contribution in [2.75, 3.05) is 11.9 Å². The van der Waals surface area contributed by atoms with Crippen LogP contribution in [-0.2, 0) is 0 Å². The molecule has 19 heavy (non-hydrogen) atoms. The van der Waals surface area contributed by atoms with Crippen molar-refractivity contribution in [2.24, 2.45) is 5.92 Å². The fourth-order valence-electron chi connectivity index (χ4n) is 2.67. The van der Waals surface area contributed by atoms with Crippen molar-refractivity contribution in [3.63, 3.8) is 0 Å². The smallest absolute Gasteiger partial charge is 0.0992 e. The molecule has 102 valence electrons. The van der Waals surface area contributed by atoms with Crippen LogP contribution in [-0.4, -0.2) is 17.8 Å². The Kier molecular flexibility index (Phi) is 5.07. The molecule has 1 aromatic rings. The van der Waals surface area contributed by atoms with E-state index in [1.165, 1.54) is 25.7 Å².